The Balaban J connectivity index is 2.33. The van der Waals surface area contributed by atoms with Crippen molar-refractivity contribution in [2.24, 2.45) is 0 Å². The van der Waals surface area contributed by atoms with E-state index in [1.807, 2.05) is 50.2 Å². The van der Waals surface area contributed by atoms with Crippen molar-refractivity contribution in [1.82, 2.24) is 0 Å². The monoisotopic (exact) mass is 264 g/mol. The topological polar surface area (TPSA) is 30.2 Å². The quantitative estimate of drug-likeness (QED) is 0.610. The Bertz CT molecular complexity index is 857. The lowest BCUT2D eigenvalue weighted by Gasteiger charge is -2.07. The van der Waals surface area contributed by atoms with E-state index in [2.05, 4.69) is 13.0 Å². The summed E-state index contributed by atoms with van der Waals surface area (Å²) in [6.45, 7) is 6.08. The Morgan fingerprint density at radius 1 is 0.800 bits per heavy atom. The first kappa shape index (κ1) is 12.7. The van der Waals surface area contributed by atoms with Crippen LogP contribution < -0.4 is 5.63 Å². The molecule has 0 bridgehead atoms. The summed E-state index contributed by atoms with van der Waals surface area (Å²) in [4.78, 5) is 12.2. The second kappa shape index (κ2) is 4.64. The van der Waals surface area contributed by atoms with Gasteiger partial charge in [0.15, 0.2) is 0 Å². The summed E-state index contributed by atoms with van der Waals surface area (Å²) in [6, 6.07) is 13.8. The molecule has 0 aliphatic heterocycles. The first-order valence-electron chi connectivity index (χ1n) is 6.67. The molecule has 2 nitrogen and oxygen atoms in total. The first-order chi connectivity index (χ1) is 9.56. The number of fused-ring (bicyclic) bond motifs is 1. The van der Waals surface area contributed by atoms with Crippen LogP contribution in [-0.4, -0.2) is 0 Å². The van der Waals surface area contributed by atoms with Crippen LogP contribution in [0.2, 0.25) is 0 Å². The smallest absolute Gasteiger partial charge is 0.344 e. The molecule has 20 heavy (non-hydrogen) atoms. The molecule has 0 fully saturated rings. The molecule has 3 aromatic rings. The number of aryl methyl sites for hydroxylation is 3. The molecule has 0 N–H and O–H groups in total. The van der Waals surface area contributed by atoms with Crippen LogP contribution in [0, 0.1) is 20.8 Å². The second-order valence-corrected chi connectivity index (χ2v) is 5.24. The van der Waals surface area contributed by atoms with E-state index in [0.717, 1.165) is 22.1 Å². The molecule has 100 valence electrons. The van der Waals surface area contributed by atoms with Crippen molar-refractivity contribution in [1.29, 1.82) is 0 Å². The van der Waals surface area contributed by atoms with Crippen LogP contribution in [-0.2, 0) is 0 Å². The van der Waals surface area contributed by atoms with E-state index in [1.165, 1.54) is 5.56 Å². The van der Waals surface area contributed by atoms with E-state index in [1.54, 1.807) is 0 Å². The highest BCUT2D eigenvalue weighted by atomic mass is 16.4. The molecular formula is C18H16O2. The normalized spacial score (nSPS) is 10.9. The predicted molar refractivity (Wildman–Crippen MR) is 82.1 cm³/mol. The zero-order valence-electron chi connectivity index (χ0n) is 11.9. The minimum absolute atomic E-state index is 0.282. The molecule has 2 aromatic carbocycles. The van der Waals surface area contributed by atoms with Gasteiger partial charge in [-0.2, -0.15) is 0 Å². The zero-order chi connectivity index (χ0) is 14.3. The van der Waals surface area contributed by atoms with Crippen LogP contribution in [0.15, 0.2) is 51.7 Å². The van der Waals surface area contributed by atoms with Crippen LogP contribution in [0.25, 0.3) is 22.1 Å². The van der Waals surface area contributed by atoms with Crippen LogP contribution in [0.3, 0.4) is 0 Å². The molecule has 0 aliphatic carbocycles. The van der Waals surface area contributed by atoms with Gasteiger partial charge in [-0.3, -0.25) is 0 Å². The third-order valence-electron chi connectivity index (χ3n) is 3.78. The number of rotatable bonds is 1. The summed E-state index contributed by atoms with van der Waals surface area (Å²) in [6.07, 6.45) is 0. The molecule has 3 rings (SSSR count). The van der Waals surface area contributed by atoms with E-state index in [0.29, 0.717) is 11.1 Å². The van der Waals surface area contributed by atoms with Crippen molar-refractivity contribution < 1.29 is 4.42 Å². The SMILES string of the molecule is Cc1cc2cc(-c3ccccc3C)c(=O)oc2cc1C. The summed E-state index contributed by atoms with van der Waals surface area (Å²) in [5.74, 6) is 0. The van der Waals surface area contributed by atoms with Gasteiger partial charge in [0.25, 0.3) is 0 Å². The number of benzene rings is 2. The maximum atomic E-state index is 12.2. The highest BCUT2D eigenvalue weighted by molar-refractivity contribution is 5.83. The van der Waals surface area contributed by atoms with Gasteiger partial charge in [-0.15, -0.1) is 0 Å². The second-order valence-electron chi connectivity index (χ2n) is 5.24. The third kappa shape index (κ3) is 2.03. The highest BCUT2D eigenvalue weighted by Gasteiger charge is 2.10. The molecule has 0 radical (unpaired) electrons. The highest BCUT2D eigenvalue weighted by Crippen LogP contribution is 2.25. The van der Waals surface area contributed by atoms with Gasteiger partial charge in [-0.05, 0) is 61.2 Å². The Hall–Kier alpha value is -2.35. The van der Waals surface area contributed by atoms with Crippen molar-refractivity contribution >= 4 is 11.0 Å². The van der Waals surface area contributed by atoms with Gasteiger partial charge in [0.2, 0.25) is 0 Å². The van der Waals surface area contributed by atoms with Crippen LogP contribution in [0.4, 0.5) is 0 Å². The zero-order valence-corrected chi connectivity index (χ0v) is 11.9. The van der Waals surface area contributed by atoms with E-state index in [-0.39, 0.29) is 5.63 Å². The molecule has 1 aromatic heterocycles. The number of hydrogen-bond donors (Lipinski definition) is 0. The molecule has 0 saturated heterocycles. The van der Waals surface area contributed by atoms with Gasteiger partial charge in [0, 0.05) is 5.39 Å². The maximum absolute atomic E-state index is 12.2. The Labute approximate surface area is 117 Å². The maximum Gasteiger partial charge on any atom is 0.344 e. The van der Waals surface area contributed by atoms with Gasteiger partial charge in [0.05, 0.1) is 5.56 Å². The van der Waals surface area contributed by atoms with E-state index in [4.69, 9.17) is 4.42 Å². The molecule has 2 heteroatoms. The van der Waals surface area contributed by atoms with Crippen LogP contribution >= 0.6 is 0 Å². The fourth-order valence-electron chi connectivity index (χ4n) is 2.45. The molecule has 0 saturated carbocycles. The van der Waals surface area contributed by atoms with Gasteiger partial charge < -0.3 is 4.42 Å². The summed E-state index contributed by atoms with van der Waals surface area (Å²) in [7, 11) is 0. The minimum Gasteiger partial charge on any atom is -0.422 e. The Morgan fingerprint density at radius 2 is 1.50 bits per heavy atom. The predicted octanol–water partition coefficient (Wildman–Crippen LogP) is 4.39. The van der Waals surface area contributed by atoms with Gasteiger partial charge >= 0.3 is 5.63 Å². The van der Waals surface area contributed by atoms with Gasteiger partial charge in [-0.25, -0.2) is 4.79 Å². The Morgan fingerprint density at radius 3 is 2.25 bits per heavy atom. The van der Waals surface area contributed by atoms with Gasteiger partial charge in [-0.1, -0.05) is 24.3 Å². The fraction of sp³-hybridized carbons (Fsp3) is 0.167. The summed E-state index contributed by atoms with van der Waals surface area (Å²) >= 11 is 0. The average molecular weight is 264 g/mol. The van der Waals surface area contributed by atoms with E-state index < -0.39 is 0 Å². The molecular weight excluding hydrogens is 248 g/mol. The molecule has 0 aliphatic rings. The molecule has 0 unspecified atom stereocenters. The third-order valence-corrected chi connectivity index (χ3v) is 3.78. The van der Waals surface area contributed by atoms with Crippen molar-refractivity contribution in [2.45, 2.75) is 20.8 Å². The summed E-state index contributed by atoms with van der Waals surface area (Å²) < 4.78 is 5.48. The standard InChI is InChI=1S/C18H16O2/c1-11-6-4-5-7-15(11)16-10-14-8-12(2)13(3)9-17(14)20-18(16)19/h4-10H,1-3H3. The largest absolute Gasteiger partial charge is 0.422 e. The summed E-state index contributed by atoms with van der Waals surface area (Å²) in [5, 5.41) is 0.964. The first-order valence-corrected chi connectivity index (χ1v) is 6.67. The van der Waals surface area contributed by atoms with Crippen molar-refractivity contribution in [3.8, 4) is 11.1 Å². The minimum atomic E-state index is -0.282. The van der Waals surface area contributed by atoms with E-state index >= 15 is 0 Å². The number of hydrogen-bond acceptors (Lipinski definition) is 2. The van der Waals surface area contributed by atoms with E-state index in [9.17, 15) is 4.79 Å². The van der Waals surface area contributed by atoms with Crippen LogP contribution in [0.5, 0.6) is 0 Å². The van der Waals surface area contributed by atoms with Crippen molar-refractivity contribution in [3.63, 3.8) is 0 Å². The molecule has 0 spiro atoms. The van der Waals surface area contributed by atoms with Crippen molar-refractivity contribution in [3.05, 3.63) is 69.6 Å². The lowest BCUT2D eigenvalue weighted by atomic mass is 10.00. The average Bonchev–Trinajstić information content (AvgIpc) is 2.41. The molecule has 1 heterocycles. The van der Waals surface area contributed by atoms with Gasteiger partial charge in [0.1, 0.15) is 5.58 Å². The van der Waals surface area contributed by atoms with Crippen LogP contribution in [0.1, 0.15) is 16.7 Å². The molecule has 0 atom stereocenters. The summed E-state index contributed by atoms with van der Waals surface area (Å²) in [5.41, 5.74) is 5.32. The van der Waals surface area contributed by atoms with Crippen molar-refractivity contribution in [2.75, 3.05) is 0 Å². The lowest BCUT2D eigenvalue weighted by Crippen LogP contribution is -2.04. The fourth-order valence-corrected chi connectivity index (χ4v) is 2.45. The molecule has 0 amide bonds. The lowest BCUT2D eigenvalue weighted by molar-refractivity contribution is 0.563. The Kier molecular flexibility index (Phi) is 2.94.